The number of hydrogen-bond donors (Lipinski definition) is 3. The molecule has 7 heteroatoms. The summed E-state index contributed by atoms with van der Waals surface area (Å²) in [4.78, 5) is 12.6. The molecule has 2 aromatic carbocycles. The molecule has 0 aliphatic rings. The molecule has 0 saturated heterocycles. The van der Waals surface area contributed by atoms with Crippen molar-refractivity contribution in [2.45, 2.75) is 33.1 Å². The summed E-state index contributed by atoms with van der Waals surface area (Å²) in [5.41, 5.74) is 2.56. The van der Waals surface area contributed by atoms with Gasteiger partial charge in [0.1, 0.15) is 11.5 Å². The fourth-order valence-corrected chi connectivity index (χ4v) is 3.37. The number of halogens is 1. The van der Waals surface area contributed by atoms with Crippen LogP contribution in [0.3, 0.4) is 0 Å². The summed E-state index contributed by atoms with van der Waals surface area (Å²) in [6.07, 6.45) is 0. The van der Waals surface area contributed by atoms with Gasteiger partial charge in [-0.05, 0) is 59.9 Å². The number of thiocarbonyl (C=S) groups is 1. The number of amides is 1. The molecule has 3 N–H and O–H groups in total. The number of aryl methyl sites for hydroxylation is 1. The maximum atomic E-state index is 12.6. The third-order valence-corrected chi connectivity index (χ3v) is 4.69. The highest BCUT2D eigenvalue weighted by Gasteiger charge is 2.19. The normalized spacial score (nSPS) is 11.0. The predicted octanol–water partition coefficient (Wildman–Crippen LogP) is 4.90. The summed E-state index contributed by atoms with van der Waals surface area (Å²) in [6.45, 7) is 8.08. The second kappa shape index (κ2) is 8.27. The van der Waals surface area contributed by atoms with Crippen molar-refractivity contribution >= 4 is 44.9 Å². The molecule has 0 heterocycles. The third kappa shape index (κ3) is 5.20. The first kappa shape index (κ1) is 21.2. The SMILES string of the molecule is COc1c(C)cc(Br)cc1C(=O)NC(=S)Nc1cc(C(C)(C)C)ccc1O. The Kier molecular flexibility index (Phi) is 6.49. The van der Waals surface area contributed by atoms with E-state index in [1.807, 2.05) is 25.1 Å². The maximum absolute atomic E-state index is 12.6. The van der Waals surface area contributed by atoms with Gasteiger partial charge in [-0.15, -0.1) is 0 Å². The Morgan fingerprint density at radius 2 is 1.89 bits per heavy atom. The van der Waals surface area contributed by atoms with Crippen LogP contribution in [0.25, 0.3) is 0 Å². The lowest BCUT2D eigenvalue weighted by Crippen LogP contribution is -2.34. The number of nitrogens with one attached hydrogen (secondary N) is 2. The van der Waals surface area contributed by atoms with Gasteiger partial charge in [-0.3, -0.25) is 10.1 Å². The van der Waals surface area contributed by atoms with Crippen molar-refractivity contribution < 1.29 is 14.6 Å². The van der Waals surface area contributed by atoms with Gasteiger partial charge in [0.2, 0.25) is 0 Å². The summed E-state index contributed by atoms with van der Waals surface area (Å²) >= 11 is 8.63. The van der Waals surface area contributed by atoms with Crippen LogP contribution >= 0.6 is 28.1 Å². The molecule has 27 heavy (non-hydrogen) atoms. The van der Waals surface area contributed by atoms with Crippen molar-refractivity contribution in [3.8, 4) is 11.5 Å². The van der Waals surface area contributed by atoms with E-state index in [9.17, 15) is 9.90 Å². The smallest absolute Gasteiger partial charge is 0.261 e. The van der Waals surface area contributed by atoms with Crippen molar-refractivity contribution in [3.63, 3.8) is 0 Å². The Bertz CT molecular complexity index is 892. The van der Waals surface area contributed by atoms with E-state index >= 15 is 0 Å². The van der Waals surface area contributed by atoms with Gasteiger partial charge in [-0.2, -0.15) is 0 Å². The van der Waals surface area contributed by atoms with E-state index in [4.69, 9.17) is 17.0 Å². The zero-order valence-corrected chi connectivity index (χ0v) is 18.3. The summed E-state index contributed by atoms with van der Waals surface area (Å²) < 4.78 is 6.10. The Labute approximate surface area is 173 Å². The van der Waals surface area contributed by atoms with Gasteiger partial charge in [0.05, 0.1) is 18.4 Å². The van der Waals surface area contributed by atoms with Gasteiger partial charge in [0.15, 0.2) is 5.11 Å². The van der Waals surface area contributed by atoms with E-state index < -0.39 is 5.91 Å². The number of methoxy groups -OCH3 is 1. The van der Waals surface area contributed by atoms with Gasteiger partial charge in [-0.25, -0.2) is 0 Å². The Hall–Kier alpha value is -2.12. The molecule has 0 radical (unpaired) electrons. The van der Waals surface area contributed by atoms with E-state index in [0.717, 1.165) is 15.6 Å². The van der Waals surface area contributed by atoms with Crippen LogP contribution in [0.2, 0.25) is 0 Å². The molecule has 0 fully saturated rings. The zero-order chi connectivity index (χ0) is 20.4. The van der Waals surface area contributed by atoms with Gasteiger partial charge in [0, 0.05) is 4.47 Å². The minimum atomic E-state index is -0.403. The van der Waals surface area contributed by atoms with Gasteiger partial charge in [-0.1, -0.05) is 42.8 Å². The number of rotatable bonds is 3. The van der Waals surface area contributed by atoms with E-state index in [1.165, 1.54) is 7.11 Å². The molecule has 0 aliphatic heterocycles. The quantitative estimate of drug-likeness (QED) is 0.458. The highest BCUT2D eigenvalue weighted by atomic mass is 79.9. The number of benzene rings is 2. The molecular formula is C20H23BrN2O3S. The average molecular weight is 451 g/mol. The second-order valence-electron chi connectivity index (χ2n) is 7.19. The lowest BCUT2D eigenvalue weighted by atomic mass is 9.87. The molecule has 0 spiro atoms. The van der Waals surface area contributed by atoms with Crippen LogP contribution < -0.4 is 15.4 Å². The summed E-state index contributed by atoms with van der Waals surface area (Å²) in [7, 11) is 1.51. The summed E-state index contributed by atoms with van der Waals surface area (Å²) in [6, 6.07) is 8.81. The third-order valence-electron chi connectivity index (χ3n) is 4.03. The largest absolute Gasteiger partial charge is 0.506 e. The number of carbonyl (C=O) groups excluding carboxylic acids is 1. The highest BCUT2D eigenvalue weighted by Crippen LogP contribution is 2.31. The Morgan fingerprint density at radius 1 is 1.22 bits per heavy atom. The minimum Gasteiger partial charge on any atom is -0.506 e. The number of ether oxygens (including phenoxy) is 1. The molecule has 0 atom stereocenters. The van der Waals surface area contributed by atoms with Gasteiger partial charge in [0.25, 0.3) is 5.91 Å². The standard InChI is InChI=1S/C20H23BrN2O3S/c1-11-8-13(21)10-14(17(11)26-5)18(25)23-19(27)22-15-9-12(20(2,3)4)6-7-16(15)24/h6-10,24H,1-5H3,(H2,22,23,25,27). The number of hydrogen-bond acceptors (Lipinski definition) is 4. The van der Waals surface area contributed by atoms with Crippen molar-refractivity contribution in [2.75, 3.05) is 12.4 Å². The van der Waals surface area contributed by atoms with Crippen molar-refractivity contribution in [1.82, 2.24) is 5.32 Å². The molecule has 2 aromatic rings. The van der Waals surface area contributed by atoms with Gasteiger partial charge < -0.3 is 15.2 Å². The number of phenols is 1. The van der Waals surface area contributed by atoms with Crippen LogP contribution in [0.15, 0.2) is 34.8 Å². The number of carbonyl (C=O) groups is 1. The summed E-state index contributed by atoms with van der Waals surface area (Å²) in [5.74, 6) is 0.131. The molecule has 5 nitrogen and oxygen atoms in total. The monoisotopic (exact) mass is 450 g/mol. The number of phenolic OH excluding ortho intramolecular Hbond substituents is 1. The Balaban J connectivity index is 2.21. The lowest BCUT2D eigenvalue weighted by Gasteiger charge is -2.21. The average Bonchev–Trinajstić information content (AvgIpc) is 2.55. The molecule has 0 aliphatic carbocycles. The van der Waals surface area contributed by atoms with Crippen LogP contribution in [0.4, 0.5) is 5.69 Å². The number of aromatic hydroxyl groups is 1. The highest BCUT2D eigenvalue weighted by molar-refractivity contribution is 9.10. The van der Waals surface area contributed by atoms with Gasteiger partial charge >= 0.3 is 0 Å². The minimum absolute atomic E-state index is 0.0514. The molecule has 1 amide bonds. The predicted molar refractivity (Wildman–Crippen MR) is 116 cm³/mol. The van der Waals surface area contributed by atoms with Crippen molar-refractivity contribution in [1.29, 1.82) is 0 Å². The summed E-state index contributed by atoms with van der Waals surface area (Å²) in [5, 5.41) is 15.7. The van der Waals surface area contributed by atoms with E-state index in [2.05, 4.69) is 47.3 Å². The molecule has 0 aromatic heterocycles. The van der Waals surface area contributed by atoms with E-state index in [1.54, 1.807) is 12.1 Å². The first-order valence-corrected chi connectivity index (χ1v) is 9.53. The first-order valence-electron chi connectivity index (χ1n) is 8.33. The van der Waals surface area contributed by atoms with Crippen LogP contribution in [0.5, 0.6) is 11.5 Å². The van der Waals surface area contributed by atoms with E-state index in [-0.39, 0.29) is 16.3 Å². The fourth-order valence-electron chi connectivity index (χ4n) is 2.60. The van der Waals surface area contributed by atoms with Crippen molar-refractivity contribution in [3.05, 3.63) is 51.5 Å². The fraction of sp³-hybridized carbons (Fsp3) is 0.300. The molecule has 0 unspecified atom stereocenters. The number of anilines is 1. The molecule has 144 valence electrons. The molecule has 2 rings (SSSR count). The van der Waals surface area contributed by atoms with E-state index in [0.29, 0.717) is 17.0 Å². The molecule has 0 saturated carbocycles. The first-order chi connectivity index (χ1) is 12.5. The zero-order valence-electron chi connectivity index (χ0n) is 15.9. The lowest BCUT2D eigenvalue weighted by molar-refractivity contribution is 0.0974. The van der Waals surface area contributed by atoms with Crippen molar-refractivity contribution in [2.24, 2.45) is 0 Å². The van der Waals surface area contributed by atoms with Crippen LogP contribution in [0.1, 0.15) is 42.3 Å². The second-order valence-corrected chi connectivity index (χ2v) is 8.52. The Morgan fingerprint density at radius 3 is 2.48 bits per heavy atom. The van der Waals surface area contributed by atoms with Crippen LogP contribution in [0, 0.1) is 6.92 Å². The molecule has 0 bridgehead atoms. The topological polar surface area (TPSA) is 70.6 Å². The molecular weight excluding hydrogens is 428 g/mol. The van der Waals surface area contributed by atoms with Crippen LogP contribution in [-0.2, 0) is 5.41 Å². The van der Waals surface area contributed by atoms with Crippen LogP contribution in [-0.4, -0.2) is 23.2 Å². The maximum Gasteiger partial charge on any atom is 0.261 e.